The first-order valence-corrected chi connectivity index (χ1v) is 5.32. The first kappa shape index (κ1) is 14.0. The fraction of sp³-hybridized carbons (Fsp3) is 0.333. The van der Waals surface area contributed by atoms with Gasteiger partial charge < -0.3 is 4.74 Å². The second-order valence-corrected chi connectivity index (χ2v) is 3.92. The summed E-state index contributed by atoms with van der Waals surface area (Å²) >= 11 is 1.53. The van der Waals surface area contributed by atoms with Crippen molar-refractivity contribution in [3.05, 3.63) is 21.0 Å². The lowest BCUT2D eigenvalue weighted by molar-refractivity contribution is -0.275. The third-order valence-corrected chi connectivity index (χ3v) is 2.50. The molecule has 0 saturated heterocycles. The van der Waals surface area contributed by atoms with Gasteiger partial charge in [-0.05, 0) is 28.7 Å². The number of hydrogen-bond donors (Lipinski definition) is 0. The molecule has 0 saturated carbocycles. The Bertz CT molecular complexity index is 456. The predicted octanol–water partition coefficient (Wildman–Crippen LogP) is 3.12. The van der Waals surface area contributed by atoms with Crippen LogP contribution in [0.2, 0.25) is 0 Å². The molecule has 0 aliphatic carbocycles. The summed E-state index contributed by atoms with van der Waals surface area (Å²) in [6.07, 6.45) is -5.02. The highest BCUT2D eigenvalue weighted by Crippen LogP contribution is 2.29. The van der Waals surface area contributed by atoms with Crippen LogP contribution in [0.3, 0.4) is 0 Å². The normalized spacial score (nSPS) is 11.1. The molecule has 0 atom stereocenters. The lowest BCUT2D eigenvalue weighted by Crippen LogP contribution is -2.18. The van der Waals surface area contributed by atoms with Crippen LogP contribution in [0.1, 0.15) is 11.3 Å². The van der Waals surface area contributed by atoms with Gasteiger partial charge in [0.1, 0.15) is 10.4 Å². The van der Waals surface area contributed by atoms with E-state index >= 15 is 0 Å². The van der Waals surface area contributed by atoms with E-state index in [9.17, 15) is 17.6 Å². The van der Waals surface area contributed by atoms with Crippen molar-refractivity contribution >= 4 is 22.6 Å². The zero-order chi connectivity index (χ0) is 13.1. The van der Waals surface area contributed by atoms with Crippen molar-refractivity contribution in [1.29, 1.82) is 5.26 Å². The molecule has 8 heteroatoms. The summed E-state index contributed by atoms with van der Waals surface area (Å²) in [6.45, 7) is -1.00. The minimum absolute atomic E-state index is 0.0672. The van der Waals surface area contributed by atoms with E-state index in [1.54, 1.807) is 6.07 Å². The van der Waals surface area contributed by atoms with Gasteiger partial charge in [0, 0.05) is 5.56 Å². The van der Waals surface area contributed by atoms with Crippen molar-refractivity contribution < 1.29 is 22.3 Å². The Balaban J connectivity index is 3.14. The molecule has 0 aliphatic heterocycles. The number of halogens is 5. The van der Waals surface area contributed by atoms with Gasteiger partial charge in [0.05, 0.1) is 18.2 Å². The number of nitriles is 1. The minimum atomic E-state index is -4.86. The van der Waals surface area contributed by atoms with Gasteiger partial charge >= 0.3 is 6.36 Å². The Kier molecular flexibility index (Phi) is 4.50. The maximum Gasteiger partial charge on any atom is 0.573 e. The lowest BCUT2D eigenvalue weighted by atomic mass is 10.1. The largest absolute Gasteiger partial charge is 0.573 e. The van der Waals surface area contributed by atoms with E-state index in [4.69, 9.17) is 5.26 Å². The molecule has 17 heavy (non-hydrogen) atoms. The molecule has 92 valence electrons. The third-order valence-electron chi connectivity index (χ3n) is 1.73. The number of pyridine rings is 1. The summed E-state index contributed by atoms with van der Waals surface area (Å²) in [5.74, 6) is -0.563. The van der Waals surface area contributed by atoms with Crippen molar-refractivity contribution in [3.8, 4) is 11.8 Å². The van der Waals surface area contributed by atoms with E-state index in [0.717, 1.165) is 6.07 Å². The molecule has 1 rings (SSSR count). The van der Waals surface area contributed by atoms with E-state index in [2.05, 4.69) is 9.72 Å². The Labute approximate surface area is 108 Å². The van der Waals surface area contributed by atoms with E-state index in [0.29, 0.717) is 0 Å². The van der Waals surface area contributed by atoms with Crippen LogP contribution in [0.4, 0.5) is 17.6 Å². The van der Waals surface area contributed by atoms with Crippen molar-refractivity contribution in [2.75, 3.05) is 0 Å². The second-order valence-electron chi connectivity index (χ2n) is 2.90. The number of rotatable bonds is 3. The molecule has 0 aliphatic rings. The van der Waals surface area contributed by atoms with Gasteiger partial charge in [0.2, 0.25) is 0 Å². The Morgan fingerprint density at radius 1 is 1.47 bits per heavy atom. The predicted molar refractivity (Wildman–Crippen MR) is 57.8 cm³/mol. The summed E-state index contributed by atoms with van der Waals surface area (Å²) in [7, 11) is 0. The smallest absolute Gasteiger partial charge is 0.403 e. The Morgan fingerprint density at radius 3 is 2.59 bits per heavy atom. The molecule has 0 fully saturated rings. The molecular weight excluding hydrogens is 355 g/mol. The second kappa shape index (κ2) is 5.48. The number of hydrogen-bond acceptors (Lipinski definition) is 3. The molecule has 0 unspecified atom stereocenters. The van der Waals surface area contributed by atoms with Crippen LogP contribution in [-0.4, -0.2) is 11.3 Å². The van der Waals surface area contributed by atoms with Crippen LogP contribution in [0.5, 0.6) is 5.75 Å². The first-order chi connectivity index (χ1) is 7.87. The standard InChI is InChI=1S/C9H5F4IN2O/c10-4-5-3-7(17-9(11,12)13)8(14)16-6(5)1-2-15/h3H,1,4H2. The van der Waals surface area contributed by atoms with E-state index in [1.807, 2.05) is 0 Å². The molecule has 0 N–H and O–H groups in total. The maximum atomic E-state index is 12.6. The van der Waals surface area contributed by atoms with Gasteiger partial charge in [-0.3, -0.25) is 0 Å². The zero-order valence-electron chi connectivity index (χ0n) is 8.18. The van der Waals surface area contributed by atoms with Crippen molar-refractivity contribution in [2.45, 2.75) is 19.5 Å². The Hall–Kier alpha value is -1.11. The molecule has 0 radical (unpaired) electrons. The van der Waals surface area contributed by atoms with Crippen LogP contribution >= 0.6 is 22.6 Å². The number of aromatic nitrogens is 1. The summed E-state index contributed by atoms with van der Waals surface area (Å²) in [5, 5.41) is 8.46. The monoisotopic (exact) mass is 360 g/mol. The van der Waals surface area contributed by atoms with Gasteiger partial charge in [0.15, 0.2) is 5.75 Å². The summed E-state index contributed by atoms with van der Waals surface area (Å²) in [4.78, 5) is 3.72. The molecule has 0 spiro atoms. The number of nitrogens with zero attached hydrogens (tertiary/aromatic N) is 2. The van der Waals surface area contributed by atoms with Crippen LogP contribution < -0.4 is 4.74 Å². The quantitative estimate of drug-likeness (QED) is 0.473. The van der Waals surface area contributed by atoms with Gasteiger partial charge in [-0.2, -0.15) is 5.26 Å². The Morgan fingerprint density at radius 2 is 2.12 bits per heavy atom. The first-order valence-electron chi connectivity index (χ1n) is 4.24. The highest BCUT2D eigenvalue weighted by atomic mass is 127. The highest BCUT2D eigenvalue weighted by molar-refractivity contribution is 14.1. The molecule has 0 amide bonds. The van der Waals surface area contributed by atoms with Crippen LogP contribution in [0, 0.1) is 15.0 Å². The fourth-order valence-corrected chi connectivity index (χ4v) is 1.64. The topological polar surface area (TPSA) is 45.9 Å². The number of ether oxygens (including phenoxy) is 1. The summed E-state index contributed by atoms with van der Waals surface area (Å²) < 4.78 is 52.2. The molecule has 1 heterocycles. The van der Waals surface area contributed by atoms with Gasteiger partial charge in [-0.1, -0.05) is 0 Å². The molecular formula is C9H5F4IN2O. The molecule has 1 aromatic heterocycles. The molecule has 3 nitrogen and oxygen atoms in total. The zero-order valence-corrected chi connectivity index (χ0v) is 10.3. The SMILES string of the molecule is N#CCc1nc(I)c(OC(F)(F)F)cc1CF. The fourth-order valence-electron chi connectivity index (χ4n) is 1.09. The third kappa shape index (κ3) is 3.99. The van der Waals surface area contributed by atoms with Gasteiger partial charge in [-0.25, -0.2) is 9.37 Å². The van der Waals surface area contributed by atoms with Crippen LogP contribution in [0.15, 0.2) is 6.07 Å². The summed E-state index contributed by atoms with van der Waals surface area (Å²) in [6, 6.07) is 2.67. The molecule has 0 aromatic carbocycles. The average Bonchev–Trinajstić information content (AvgIpc) is 2.20. The summed E-state index contributed by atoms with van der Waals surface area (Å²) in [5.41, 5.74) is 0.0418. The van der Waals surface area contributed by atoms with Crippen molar-refractivity contribution in [1.82, 2.24) is 4.98 Å². The van der Waals surface area contributed by atoms with Crippen molar-refractivity contribution in [2.24, 2.45) is 0 Å². The minimum Gasteiger partial charge on any atom is -0.403 e. The molecule has 1 aromatic rings. The van der Waals surface area contributed by atoms with Crippen LogP contribution in [0.25, 0.3) is 0 Å². The van der Waals surface area contributed by atoms with E-state index in [-0.39, 0.29) is 21.4 Å². The maximum absolute atomic E-state index is 12.6. The van der Waals surface area contributed by atoms with E-state index in [1.165, 1.54) is 22.6 Å². The van der Waals surface area contributed by atoms with Crippen molar-refractivity contribution in [3.63, 3.8) is 0 Å². The molecule has 0 bridgehead atoms. The number of alkyl halides is 4. The van der Waals surface area contributed by atoms with Gasteiger partial charge in [-0.15, -0.1) is 13.2 Å². The highest BCUT2D eigenvalue weighted by Gasteiger charge is 2.32. The van der Waals surface area contributed by atoms with Gasteiger partial charge in [0.25, 0.3) is 0 Å². The van der Waals surface area contributed by atoms with E-state index < -0.39 is 18.8 Å². The lowest BCUT2D eigenvalue weighted by Gasteiger charge is -2.12. The van der Waals surface area contributed by atoms with Crippen LogP contribution in [-0.2, 0) is 13.1 Å². The average molecular weight is 360 g/mol.